The van der Waals surface area contributed by atoms with Gasteiger partial charge in [-0.1, -0.05) is 26.0 Å². The van der Waals surface area contributed by atoms with Crippen LogP contribution in [0.2, 0.25) is 0 Å². The lowest BCUT2D eigenvalue weighted by Crippen LogP contribution is -2.32. The number of nitrogens with zero attached hydrogens (tertiary/aromatic N) is 2. The molecule has 1 aromatic carbocycles. The van der Waals surface area contributed by atoms with Crippen LogP contribution in [0.4, 0.5) is 0 Å². The molecule has 3 aromatic rings. The van der Waals surface area contributed by atoms with Gasteiger partial charge in [-0.25, -0.2) is 4.98 Å². The van der Waals surface area contributed by atoms with Gasteiger partial charge in [0.2, 0.25) is 0 Å². The molecule has 2 aromatic heterocycles. The third kappa shape index (κ3) is 2.83. The molecular weight excluding hydrogens is 276 g/mol. The third-order valence-corrected chi connectivity index (χ3v) is 3.58. The van der Waals surface area contributed by atoms with Gasteiger partial charge < -0.3 is 10.3 Å². The van der Waals surface area contributed by atoms with Crippen molar-refractivity contribution in [2.75, 3.05) is 0 Å². The predicted molar refractivity (Wildman–Crippen MR) is 85.4 cm³/mol. The van der Waals surface area contributed by atoms with E-state index in [4.69, 9.17) is 0 Å². The first-order valence-electron chi connectivity index (χ1n) is 7.30. The number of hydrogen-bond acceptors (Lipinski definition) is 3. The Balaban J connectivity index is 1.88. The lowest BCUT2D eigenvalue weighted by atomic mass is 10.0. The van der Waals surface area contributed by atoms with Gasteiger partial charge in [0.05, 0.1) is 22.6 Å². The summed E-state index contributed by atoms with van der Waals surface area (Å²) < 4.78 is 0. The summed E-state index contributed by atoms with van der Waals surface area (Å²) >= 11 is 0. The lowest BCUT2D eigenvalue weighted by Gasteiger charge is -2.20. The zero-order chi connectivity index (χ0) is 15.5. The van der Waals surface area contributed by atoms with E-state index in [-0.39, 0.29) is 17.9 Å². The number of carbonyl (C=O) groups is 1. The van der Waals surface area contributed by atoms with Crippen molar-refractivity contribution in [2.24, 2.45) is 5.92 Å². The molecule has 5 nitrogen and oxygen atoms in total. The van der Waals surface area contributed by atoms with E-state index in [1.54, 1.807) is 24.5 Å². The molecule has 3 rings (SSSR count). The quantitative estimate of drug-likeness (QED) is 0.776. The Kier molecular flexibility index (Phi) is 3.87. The van der Waals surface area contributed by atoms with Crippen molar-refractivity contribution in [1.82, 2.24) is 20.3 Å². The molecule has 0 radical (unpaired) electrons. The summed E-state index contributed by atoms with van der Waals surface area (Å²) in [6.07, 6.45) is 3.21. The molecular formula is C17H18N4O. The Labute approximate surface area is 128 Å². The topological polar surface area (TPSA) is 70.7 Å². The molecule has 0 unspecified atom stereocenters. The average Bonchev–Trinajstić information content (AvgIpc) is 2.96. The zero-order valence-corrected chi connectivity index (χ0v) is 12.6. The molecule has 5 heteroatoms. The number of rotatable bonds is 4. The van der Waals surface area contributed by atoms with Gasteiger partial charge in [-0.2, -0.15) is 0 Å². The second kappa shape index (κ2) is 5.97. The van der Waals surface area contributed by atoms with E-state index in [0.29, 0.717) is 5.56 Å². The molecule has 0 saturated heterocycles. The van der Waals surface area contributed by atoms with E-state index >= 15 is 0 Å². The first kappa shape index (κ1) is 14.3. The van der Waals surface area contributed by atoms with Crippen LogP contribution in [0.3, 0.4) is 0 Å². The van der Waals surface area contributed by atoms with Gasteiger partial charge in [0.1, 0.15) is 5.82 Å². The standard InChI is InChI=1S/C17H18N4O/c1-11(2)15(21-17(22)12-6-5-9-18-10-12)16-19-13-7-3-4-8-14(13)20-16/h3-11,15H,1-2H3,(H,19,20)(H,21,22)/t15-/m0/s1. The first-order chi connectivity index (χ1) is 10.6. The molecule has 0 spiro atoms. The first-order valence-corrected chi connectivity index (χ1v) is 7.30. The average molecular weight is 294 g/mol. The number of aromatic amines is 1. The van der Waals surface area contributed by atoms with Crippen molar-refractivity contribution in [3.63, 3.8) is 0 Å². The maximum absolute atomic E-state index is 12.4. The molecule has 22 heavy (non-hydrogen) atoms. The molecule has 0 aliphatic heterocycles. The second-order valence-corrected chi connectivity index (χ2v) is 5.58. The monoisotopic (exact) mass is 294 g/mol. The minimum absolute atomic E-state index is 0.146. The lowest BCUT2D eigenvalue weighted by molar-refractivity contribution is 0.0923. The molecule has 2 heterocycles. The third-order valence-electron chi connectivity index (χ3n) is 3.58. The molecule has 1 amide bonds. The molecule has 112 valence electrons. The summed E-state index contributed by atoms with van der Waals surface area (Å²) in [6, 6.07) is 11.2. The number of carbonyl (C=O) groups excluding carboxylic acids is 1. The second-order valence-electron chi connectivity index (χ2n) is 5.58. The van der Waals surface area contributed by atoms with Gasteiger partial charge in [-0.05, 0) is 30.2 Å². The molecule has 1 atom stereocenters. The SMILES string of the molecule is CC(C)[C@H](NC(=O)c1cccnc1)c1nc2ccccc2[nH]1. The van der Waals surface area contributed by atoms with Crippen molar-refractivity contribution < 1.29 is 4.79 Å². The van der Waals surface area contributed by atoms with Crippen LogP contribution >= 0.6 is 0 Å². The number of pyridine rings is 1. The fraction of sp³-hybridized carbons (Fsp3) is 0.235. The van der Waals surface area contributed by atoms with Crippen LogP contribution in [0.25, 0.3) is 11.0 Å². The smallest absolute Gasteiger partial charge is 0.253 e. The van der Waals surface area contributed by atoms with Crippen LogP contribution in [-0.4, -0.2) is 20.9 Å². The summed E-state index contributed by atoms with van der Waals surface area (Å²) in [5.74, 6) is 0.835. The number of benzene rings is 1. The number of fused-ring (bicyclic) bond motifs is 1. The number of nitrogens with one attached hydrogen (secondary N) is 2. The van der Waals surface area contributed by atoms with Crippen LogP contribution in [0.1, 0.15) is 36.1 Å². The van der Waals surface area contributed by atoms with Crippen LogP contribution < -0.4 is 5.32 Å². The molecule has 0 aliphatic rings. The van der Waals surface area contributed by atoms with E-state index in [2.05, 4.69) is 34.1 Å². The number of aromatic nitrogens is 3. The minimum atomic E-state index is -0.180. The number of H-pyrrole nitrogens is 1. The van der Waals surface area contributed by atoms with E-state index in [9.17, 15) is 4.79 Å². The number of imidazole rings is 1. The Bertz CT molecular complexity index is 746. The highest BCUT2D eigenvalue weighted by atomic mass is 16.1. The fourth-order valence-electron chi connectivity index (χ4n) is 2.39. The van der Waals surface area contributed by atoms with Gasteiger partial charge in [0, 0.05) is 12.4 Å². The van der Waals surface area contributed by atoms with Gasteiger partial charge in [0.25, 0.3) is 5.91 Å². The maximum atomic E-state index is 12.4. The van der Waals surface area contributed by atoms with Gasteiger partial charge >= 0.3 is 0 Å². The van der Waals surface area contributed by atoms with Crippen LogP contribution in [0.5, 0.6) is 0 Å². The summed E-state index contributed by atoms with van der Waals surface area (Å²) in [6.45, 7) is 4.11. The highest BCUT2D eigenvalue weighted by molar-refractivity contribution is 5.94. The number of amides is 1. The molecule has 0 fully saturated rings. The van der Waals surface area contributed by atoms with Crippen molar-refractivity contribution in [2.45, 2.75) is 19.9 Å². The van der Waals surface area contributed by atoms with Gasteiger partial charge in [-0.3, -0.25) is 9.78 Å². The largest absolute Gasteiger partial charge is 0.342 e. The Hall–Kier alpha value is -2.69. The van der Waals surface area contributed by atoms with Crippen molar-refractivity contribution in [3.05, 3.63) is 60.2 Å². The summed E-state index contributed by atoms with van der Waals surface area (Å²) in [5, 5.41) is 3.04. The number of hydrogen-bond donors (Lipinski definition) is 2. The van der Waals surface area contributed by atoms with Crippen molar-refractivity contribution in [3.8, 4) is 0 Å². The van der Waals surface area contributed by atoms with Crippen LogP contribution in [-0.2, 0) is 0 Å². The number of para-hydroxylation sites is 2. The Morgan fingerprint density at radius 2 is 2.00 bits per heavy atom. The van der Waals surface area contributed by atoms with Gasteiger partial charge in [0.15, 0.2) is 0 Å². The van der Waals surface area contributed by atoms with Crippen LogP contribution in [0, 0.1) is 5.92 Å². The zero-order valence-electron chi connectivity index (χ0n) is 12.6. The fourth-order valence-corrected chi connectivity index (χ4v) is 2.39. The minimum Gasteiger partial charge on any atom is -0.342 e. The highest BCUT2D eigenvalue weighted by Gasteiger charge is 2.22. The normalized spacial score (nSPS) is 12.5. The summed E-state index contributed by atoms with van der Waals surface area (Å²) in [5.41, 5.74) is 2.42. The summed E-state index contributed by atoms with van der Waals surface area (Å²) in [7, 11) is 0. The van der Waals surface area contributed by atoms with Crippen LogP contribution in [0.15, 0.2) is 48.8 Å². The Morgan fingerprint density at radius 1 is 1.18 bits per heavy atom. The van der Waals surface area contributed by atoms with E-state index in [0.717, 1.165) is 16.9 Å². The predicted octanol–water partition coefficient (Wildman–Crippen LogP) is 3.09. The maximum Gasteiger partial charge on any atom is 0.253 e. The van der Waals surface area contributed by atoms with E-state index in [1.807, 2.05) is 24.3 Å². The molecule has 0 bridgehead atoms. The molecule has 0 aliphatic carbocycles. The van der Waals surface area contributed by atoms with Crippen molar-refractivity contribution >= 4 is 16.9 Å². The van der Waals surface area contributed by atoms with E-state index < -0.39 is 0 Å². The van der Waals surface area contributed by atoms with Gasteiger partial charge in [-0.15, -0.1) is 0 Å². The summed E-state index contributed by atoms with van der Waals surface area (Å²) in [4.78, 5) is 24.2. The van der Waals surface area contributed by atoms with E-state index in [1.165, 1.54) is 0 Å². The highest BCUT2D eigenvalue weighted by Crippen LogP contribution is 2.22. The Morgan fingerprint density at radius 3 is 2.68 bits per heavy atom. The molecule has 2 N–H and O–H groups in total. The van der Waals surface area contributed by atoms with Crippen molar-refractivity contribution in [1.29, 1.82) is 0 Å². The molecule has 0 saturated carbocycles.